The average Bonchev–Trinajstić information content (AvgIpc) is 3.44. The number of nitrogens with zero attached hydrogens (tertiary/aromatic N) is 6. The predicted molar refractivity (Wildman–Crippen MR) is 163 cm³/mol. The minimum atomic E-state index is -0.750. The molecule has 0 aliphatic carbocycles. The van der Waals surface area contributed by atoms with Gasteiger partial charge in [-0.05, 0) is 74.4 Å². The lowest BCUT2D eigenvalue weighted by molar-refractivity contribution is -0.128. The summed E-state index contributed by atoms with van der Waals surface area (Å²) in [4.78, 5) is 28.4. The number of likely N-dealkylation sites (N-methyl/N-ethyl adjacent to an activating group) is 1. The third-order valence-electron chi connectivity index (χ3n) is 8.72. The van der Waals surface area contributed by atoms with E-state index in [1.807, 2.05) is 24.1 Å². The van der Waals surface area contributed by atoms with Crippen LogP contribution in [0.25, 0.3) is 22.0 Å². The van der Waals surface area contributed by atoms with Crippen LogP contribution in [0.4, 0.5) is 14.6 Å². The molecule has 2 atom stereocenters. The van der Waals surface area contributed by atoms with Crippen LogP contribution in [0.15, 0.2) is 41.8 Å². The first-order valence-corrected chi connectivity index (χ1v) is 15.7. The topological polar surface area (TPSA) is 85.6 Å². The number of ether oxygens (including phenoxy) is 1. The van der Waals surface area contributed by atoms with Crippen LogP contribution in [0.5, 0.6) is 6.01 Å². The SMILES string of the molecule is C=CC(=O)N1CCN(c2nc(OC[C@@H]3CCCN3C)nc3c(F)c(-c4cccc5c4CCCS5)c(F)cc23)C[C@@H]1CC#N. The molecule has 3 aliphatic heterocycles. The fourth-order valence-corrected chi connectivity index (χ4v) is 7.50. The summed E-state index contributed by atoms with van der Waals surface area (Å²) in [5.41, 5.74) is 1.39. The van der Waals surface area contributed by atoms with E-state index in [9.17, 15) is 10.1 Å². The van der Waals surface area contributed by atoms with Gasteiger partial charge in [0.25, 0.3) is 0 Å². The number of piperazine rings is 1. The molecule has 2 fully saturated rings. The zero-order valence-corrected chi connectivity index (χ0v) is 25.0. The van der Waals surface area contributed by atoms with Crippen LogP contribution in [0.3, 0.4) is 0 Å². The molecule has 2 aromatic carbocycles. The Labute approximate surface area is 254 Å². The maximum atomic E-state index is 16.6. The highest BCUT2D eigenvalue weighted by atomic mass is 32.2. The molecular formula is C32H34F2N6O2S. The van der Waals surface area contributed by atoms with Gasteiger partial charge in [0.2, 0.25) is 5.91 Å². The summed E-state index contributed by atoms with van der Waals surface area (Å²) in [6.45, 7) is 5.83. The molecule has 0 bridgehead atoms. The Hall–Kier alpha value is -3.75. The zero-order chi connectivity index (χ0) is 30.1. The number of anilines is 1. The predicted octanol–water partition coefficient (Wildman–Crippen LogP) is 5.20. The highest BCUT2D eigenvalue weighted by Gasteiger charge is 2.33. The van der Waals surface area contributed by atoms with Crippen molar-refractivity contribution in [2.75, 3.05) is 50.5 Å². The number of carbonyl (C=O) groups is 1. The number of amides is 1. The van der Waals surface area contributed by atoms with Crippen LogP contribution in [-0.4, -0.2) is 83.3 Å². The minimum absolute atomic E-state index is 0.0151. The molecule has 3 aliphatic rings. The van der Waals surface area contributed by atoms with E-state index in [4.69, 9.17) is 4.74 Å². The lowest BCUT2D eigenvalue weighted by Gasteiger charge is -2.41. The van der Waals surface area contributed by atoms with E-state index in [-0.39, 0.29) is 47.4 Å². The molecule has 4 heterocycles. The highest BCUT2D eigenvalue weighted by Crippen LogP contribution is 2.41. The first-order chi connectivity index (χ1) is 20.9. The largest absolute Gasteiger partial charge is 0.462 e. The number of rotatable bonds is 7. The molecule has 224 valence electrons. The summed E-state index contributed by atoms with van der Waals surface area (Å²) < 4.78 is 38.7. The molecule has 8 nitrogen and oxygen atoms in total. The molecular weight excluding hydrogens is 570 g/mol. The Kier molecular flexibility index (Phi) is 8.50. The van der Waals surface area contributed by atoms with Gasteiger partial charge in [-0.25, -0.2) is 8.78 Å². The summed E-state index contributed by atoms with van der Waals surface area (Å²) >= 11 is 1.70. The third kappa shape index (κ3) is 5.66. The molecule has 6 rings (SSSR count). The van der Waals surface area contributed by atoms with Crippen molar-refractivity contribution in [2.45, 2.75) is 49.1 Å². The summed E-state index contributed by atoms with van der Waals surface area (Å²) in [5.74, 6) is -0.398. The zero-order valence-electron chi connectivity index (χ0n) is 24.2. The number of halogens is 2. The normalized spacial score (nSPS) is 20.6. The van der Waals surface area contributed by atoms with Crippen LogP contribution < -0.4 is 9.64 Å². The smallest absolute Gasteiger partial charge is 0.319 e. The van der Waals surface area contributed by atoms with Gasteiger partial charge in [-0.15, -0.1) is 11.8 Å². The molecule has 11 heteroatoms. The minimum Gasteiger partial charge on any atom is -0.462 e. The van der Waals surface area contributed by atoms with E-state index in [1.54, 1.807) is 22.7 Å². The van der Waals surface area contributed by atoms with Crippen molar-refractivity contribution in [3.8, 4) is 23.2 Å². The molecule has 43 heavy (non-hydrogen) atoms. The van der Waals surface area contributed by atoms with Gasteiger partial charge in [0.1, 0.15) is 23.8 Å². The first kappa shape index (κ1) is 29.3. The van der Waals surface area contributed by atoms with Crippen molar-refractivity contribution in [1.29, 1.82) is 5.26 Å². The van der Waals surface area contributed by atoms with Gasteiger partial charge in [-0.1, -0.05) is 18.7 Å². The van der Waals surface area contributed by atoms with E-state index in [0.29, 0.717) is 31.1 Å². The third-order valence-corrected chi connectivity index (χ3v) is 9.90. The lowest BCUT2D eigenvalue weighted by Crippen LogP contribution is -2.55. The summed E-state index contributed by atoms with van der Waals surface area (Å²) in [6.07, 6.45) is 5.07. The van der Waals surface area contributed by atoms with Gasteiger partial charge in [0.05, 0.1) is 24.1 Å². The second-order valence-corrected chi connectivity index (χ2v) is 12.4. The number of hydrogen-bond acceptors (Lipinski definition) is 8. The quantitative estimate of drug-likeness (QED) is 0.340. The molecule has 1 aromatic heterocycles. The van der Waals surface area contributed by atoms with Gasteiger partial charge < -0.3 is 19.4 Å². The molecule has 0 spiro atoms. The number of fused-ring (bicyclic) bond motifs is 2. The van der Waals surface area contributed by atoms with Crippen LogP contribution in [-0.2, 0) is 11.2 Å². The monoisotopic (exact) mass is 604 g/mol. The Morgan fingerprint density at radius 2 is 2.09 bits per heavy atom. The molecule has 2 saturated heterocycles. The Morgan fingerprint density at radius 1 is 1.23 bits per heavy atom. The lowest BCUT2D eigenvalue weighted by atomic mass is 9.94. The molecule has 1 amide bonds. The molecule has 0 N–H and O–H groups in total. The number of nitriles is 1. The van der Waals surface area contributed by atoms with Gasteiger partial charge >= 0.3 is 6.01 Å². The Balaban J connectivity index is 1.46. The fraction of sp³-hybridized carbons (Fsp3) is 0.438. The standard InChI is InChI=1S/C32H34F2N6O2S/c1-3-27(41)40-15-14-39(18-20(40)11-12-35)31-24-17-25(33)28(23-8-4-10-26-22(23)9-6-16-43-26)29(34)30(24)36-32(37-31)42-19-21-7-5-13-38(21)2/h3-4,8,10,17,20-21H,1,5-7,9,11,13-16,18-19H2,2H3/t20-,21-/m0/s1. The molecule has 0 unspecified atom stereocenters. The highest BCUT2D eigenvalue weighted by molar-refractivity contribution is 7.99. The maximum Gasteiger partial charge on any atom is 0.319 e. The van der Waals surface area contributed by atoms with Gasteiger partial charge in [0, 0.05) is 36.0 Å². The van der Waals surface area contributed by atoms with Crippen molar-refractivity contribution >= 4 is 34.4 Å². The number of benzene rings is 2. The van der Waals surface area contributed by atoms with E-state index in [1.165, 1.54) is 12.1 Å². The first-order valence-electron chi connectivity index (χ1n) is 14.7. The second kappa shape index (κ2) is 12.5. The van der Waals surface area contributed by atoms with Crippen molar-refractivity contribution in [1.82, 2.24) is 19.8 Å². The van der Waals surface area contributed by atoms with Gasteiger partial charge in [-0.2, -0.15) is 15.2 Å². The number of hydrogen-bond donors (Lipinski definition) is 0. The van der Waals surface area contributed by atoms with Crippen molar-refractivity contribution in [2.24, 2.45) is 0 Å². The van der Waals surface area contributed by atoms with Crippen molar-refractivity contribution in [3.05, 3.63) is 54.1 Å². The van der Waals surface area contributed by atoms with E-state index in [2.05, 4.69) is 27.5 Å². The van der Waals surface area contributed by atoms with Gasteiger partial charge in [-0.3, -0.25) is 4.79 Å². The Morgan fingerprint density at radius 3 is 2.86 bits per heavy atom. The number of aromatic nitrogens is 2. The van der Waals surface area contributed by atoms with Crippen LogP contribution in [0.1, 0.15) is 31.2 Å². The number of thioether (sulfide) groups is 1. The van der Waals surface area contributed by atoms with E-state index >= 15 is 8.78 Å². The van der Waals surface area contributed by atoms with Crippen molar-refractivity contribution in [3.63, 3.8) is 0 Å². The molecule has 0 saturated carbocycles. The maximum absolute atomic E-state index is 16.6. The second-order valence-electron chi connectivity index (χ2n) is 11.3. The molecule has 0 radical (unpaired) electrons. The van der Waals surface area contributed by atoms with Gasteiger partial charge in [0.15, 0.2) is 5.82 Å². The summed E-state index contributed by atoms with van der Waals surface area (Å²) in [6, 6.07) is 8.86. The number of carbonyl (C=O) groups excluding carboxylic acids is 1. The van der Waals surface area contributed by atoms with Crippen LogP contribution in [0.2, 0.25) is 0 Å². The molecule has 3 aromatic rings. The van der Waals surface area contributed by atoms with Crippen LogP contribution >= 0.6 is 11.8 Å². The van der Waals surface area contributed by atoms with Crippen molar-refractivity contribution < 1.29 is 18.3 Å². The summed E-state index contributed by atoms with van der Waals surface area (Å²) in [5, 5.41) is 9.70. The van der Waals surface area contributed by atoms with Crippen LogP contribution in [0, 0.1) is 23.0 Å². The fourth-order valence-electron chi connectivity index (χ4n) is 6.43. The Bertz CT molecular complexity index is 1610. The summed E-state index contributed by atoms with van der Waals surface area (Å²) in [7, 11) is 2.04. The van der Waals surface area contributed by atoms with E-state index in [0.717, 1.165) is 48.4 Å². The average molecular weight is 605 g/mol. The van der Waals surface area contributed by atoms with E-state index < -0.39 is 17.7 Å². The number of likely N-dealkylation sites (tertiary alicyclic amines) is 1.